The molecule has 1 aliphatic carbocycles. The van der Waals surface area contributed by atoms with Gasteiger partial charge < -0.3 is 5.32 Å². The number of nitrogens with one attached hydrogen (secondary N) is 1. The predicted octanol–water partition coefficient (Wildman–Crippen LogP) is 4.01. The first-order valence-electron chi connectivity index (χ1n) is 7.32. The van der Waals surface area contributed by atoms with Crippen molar-refractivity contribution in [2.45, 2.75) is 59.4 Å². The van der Waals surface area contributed by atoms with Crippen LogP contribution in [0.4, 0.5) is 0 Å². The fourth-order valence-electron chi connectivity index (χ4n) is 3.40. The van der Waals surface area contributed by atoms with E-state index in [-0.39, 0.29) is 0 Å². The highest BCUT2D eigenvalue weighted by atomic mass is 14.9. The fourth-order valence-corrected chi connectivity index (χ4v) is 3.40. The van der Waals surface area contributed by atoms with E-state index in [0.717, 1.165) is 12.6 Å². The lowest BCUT2D eigenvalue weighted by molar-refractivity contribution is 0.322. The second-order valence-electron chi connectivity index (χ2n) is 6.41. The van der Waals surface area contributed by atoms with Crippen molar-refractivity contribution in [3.05, 3.63) is 34.9 Å². The van der Waals surface area contributed by atoms with Crippen LogP contribution in [-0.2, 0) is 6.42 Å². The van der Waals surface area contributed by atoms with E-state index in [0.29, 0.717) is 5.41 Å². The molecular weight excluding hydrogens is 218 g/mol. The number of benzene rings is 1. The lowest BCUT2D eigenvalue weighted by Crippen LogP contribution is -2.28. The molecule has 2 unspecified atom stereocenters. The summed E-state index contributed by atoms with van der Waals surface area (Å²) in [7, 11) is 0. The average molecular weight is 245 g/mol. The summed E-state index contributed by atoms with van der Waals surface area (Å²) in [5.74, 6) is 0. The van der Waals surface area contributed by atoms with Crippen molar-refractivity contribution in [2.24, 2.45) is 5.41 Å². The van der Waals surface area contributed by atoms with E-state index in [1.165, 1.54) is 36.8 Å². The van der Waals surface area contributed by atoms with Crippen LogP contribution in [0.1, 0.15) is 49.8 Å². The van der Waals surface area contributed by atoms with Gasteiger partial charge in [0.15, 0.2) is 0 Å². The van der Waals surface area contributed by atoms with E-state index in [2.05, 4.69) is 51.2 Å². The summed E-state index contributed by atoms with van der Waals surface area (Å²) < 4.78 is 0. The zero-order chi connectivity index (χ0) is 13.2. The van der Waals surface area contributed by atoms with Gasteiger partial charge in [0, 0.05) is 6.04 Å². The monoisotopic (exact) mass is 245 g/mol. The van der Waals surface area contributed by atoms with Gasteiger partial charge in [-0.15, -0.1) is 0 Å². The molecule has 1 nitrogen and oxygen atoms in total. The van der Waals surface area contributed by atoms with Gasteiger partial charge in [-0.05, 0) is 62.6 Å². The first-order valence-corrected chi connectivity index (χ1v) is 7.32. The number of hydrogen-bond acceptors (Lipinski definition) is 1. The maximum atomic E-state index is 3.61. The van der Waals surface area contributed by atoms with Crippen LogP contribution in [0.5, 0.6) is 0 Å². The summed E-state index contributed by atoms with van der Waals surface area (Å²) in [4.78, 5) is 0. The van der Waals surface area contributed by atoms with E-state index >= 15 is 0 Å². The summed E-state index contributed by atoms with van der Waals surface area (Å²) in [6, 6.07) is 7.61. The van der Waals surface area contributed by atoms with Crippen molar-refractivity contribution in [2.75, 3.05) is 6.54 Å². The Bertz CT molecular complexity index is 410. The minimum Gasteiger partial charge on any atom is -0.314 e. The molecular formula is C17H27N. The highest BCUT2D eigenvalue weighted by Gasteiger charge is 2.34. The summed E-state index contributed by atoms with van der Waals surface area (Å²) in [5.41, 5.74) is 4.88. The van der Waals surface area contributed by atoms with Crippen LogP contribution < -0.4 is 5.32 Å². The predicted molar refractivity (Wildman–Crippen MR) is 79.0 cm³/mol. The van der Waals surface area contributed by atoms with E-state index in [1.807, 2.05) is 0 Å². The maximum absolute atomic E-state index is 3.61. The zero-order valence-corrected chi connectivity index (χ0v) is 12.3. The Morgan fingerprint density at radius 2 is 2.11 bits per heavy atom. The van der Waals surface area contributed by atoms with Gasteiger partial charge in [0.25, 0.3) is 0 Å². The molecule has 1 saturated carbocycles. The largest absolute Gasteiger partial charge is 0.314 e. The van der Waals surface area contributed by atoms with Crippen LogP contribution in [0.2, 0.25) is 0 Å². The molecule has 0 bridgehead atoms. The van der Waals surface area contributed by atoms with Crippen LogP contribution in [0.25, 0.3) is 0 Å². The standard InChI is InChI=1S/C17H27N/c1-5-18-16-8-9-17(4,12-16)11-15-10-13(2)6-7-14(15)3/h6-7,10,16,18H,5,8-9,11-12H2,1-4H3. The molecule has 1 fully saturated rings. The molecule has 1 heteroatoms. The second-order valence-corrected chi connectivity index (χ2v) is 6.41. The van der Waals surface area contributed by atoms with Gasteiger partial charge >= 0.3 is 0 Å². The molecule has 1 aromatic rings. The van der Waals surface area contributed by atoms with Gasteiger partial charge in [-0.2, -0.15) is 0 Å². The Kier molecular flexibility index (Phi) is 4.11. The Hall–Kier alpha value is -0.820. The Morgan fingerprint density at radius 3 is 2.83 bits per heavy atom. The molecule has 0 amide bonds. The lowest BCUT2D eigenvalue weighted by Gasteiger charge is -2.25. The summed E-state index contributed by atoms with van der Waals surface area (Å²) in [5, 5.41) is 3.61. The van der Waals surface area contributed by atoms with Crippen LogP contribution >= 0.6 is 0 Å². The van der Waals surface area contributed by atoms with E-state index in [1.54, 1.807) is 5.56 Å². The third kappa shape index (κ3) is 3.14. The molecule has 1 N–H and O–H groups in total. The van der Waals surface area contributed by atoms with Gasteiger partial charge in [-0.3, -0.25) is 0 Å². The smallest absolute Gasteiger partial charge is 0.00724 e. The molecule has 0 saturated heterocycles. The summed E-state index contributed by atoms with van der Waals surface area (Å²) in [6.45, 7) is 10.2. The molecule has 0 heterocycles. The molecule has 0 aromatic heterocycles. The van der Waals surface area contributed by atoms with Crippen LogP contribution in [0.3, 0.4) is 0 Å². The molecule has 1 aromatic carbocycles. The summed E-state index contributed by atoms with van der Waals surface area (Å²) in [6.07, 6.45) is 5.27. The first kappa shape index (κ1) is 13.6. The van der Waals surface area contributed by atoms with Gasteiger partial charge in [-0.1, -0.05) is 37.6 Å². The van der Waals surface area contributed by atoms with Gasteiger partial charge in [-0.25, -0.2) is 0 Å². The Morgan fingerprint density at radius 1 is 1.33 bits per heavy atom. The lowest BCUT2D eigenvalue weighted by atomic mass is 9.80. The molecule has 2 atom stereocenters. The van der Waals surface area contributed by atoms with E-state index < -0.39 is 0 Å². The molecule has 2 rings (SSSR count). The van der Waals surface area contributed by atoms with Crippen molar-refractivity contribution in [1.82, 2.24) is 5.32 Å². The topological polar surface area (TPSA) is 12.0 Å². The molecule has 18 heavy (non-hydrogen) atoms. The Balaban J connectivity index is 2.07. The second kappa shape index (κ2) is 5.44. The number of hydrogen-bond donors (Lipinski definition) is 1. The van der Waals surface area contributed by atoms with E-state index in [4.69, 9.17) is 0 Å². The minimum atomic E-state index is 0.491. The van der Waals surface area contributed by atoms with Crippen molar-refractivity contribution in [3.8, 4) is 0 Å². The number of aryl methyl sites for hydroxylation is 2. The minimum absolute atomic E-state index is 0.491. The summed E-state index contributed by atoms with van der Waals surface area (Å²) >= 11 is 0. The van der Waals surface area contributed by atoms with Crippen LogP contribution in [0, 0.1) is 19.3 Å². The molecule has 0 radical (unpaired) electrons. The van der Waals surface area contributed by atoms with Gasteiger partial charge in [0.2, 0.25) is 0 Å². The third-order valence-corrected chi connectivity index (χ3v) is 4.45. The normalized spacial score (nSPS) is 27.7. The average Bonchev–Trinajstić information content (AvgIpc) is 2.66. The highest BCUT2D eigenvalue weighted by Crippen LogP contribution is 2.41. The van der Waals surface area contributed by atoms with Crippen LogP contribution in [-0.4, -0.2) is 12.6 Å². The van der Waals surface area contributed by atoms with Gasteiger partial charge in [0.1, 0.15) is 0 Å². The quantitative estimate of drug-likeness (QED) is 0.845. The SMILES string of the molecule is CCNC1CCC(C)(Cc2cc(C)ccc2C)C1. The first-order chi connectivity index (χ1) is 8.52. The highest BCUT2D eigenvalue weighted by molar-refractivity contribution is 5.31. The Labute approximate surface area is 112 Å². The number of rotatable bonds is 4. The van der Waals surface area contributed by atoms with Crippen molar-refractivity contribution >= 4 is 0 Å². The fraction of sp³-hybridized carbons (Fsp3) is 0.647. The zero-order valence-electron chi connectivity index (χ0n) is 12.3. The molecule has 1 aliphatic rings. The molecule has 0 aliphatic heterocycles. The van der Waals surface area contributed by atoms with E-state index in [9.17, 15) is 0 Å². The maximum Gasteiger partial charge on any atom is 0.00724 e. The van der Waals surface area contributed by atoms with Gasteiger partial charge in [0.05, 0.1) is 0 Å². The molecule has 0 spiro atoms. The molecule has 100 valence electrons. The van der Waals surface area contributed by atoms with Crippen molar-refractivity contribution in [1.29, 1.82) is 0 Å². The van der Waals surface area contributed by atoms with Crippen LogP contribution in [0.15, 0.2) is 18.2 Å². The third-order valence-electron chi connectivity index (χ3n) is 4.45. The van der Waals surface area contributed by atoms with Crippen molar-refractivity contribution < 1.29 is 0 Å². The van der Waals surface area contributed by atoms with Crippen molar-refractivity contribution in [3.63, 3.8) is 0 Å².